The standard InChI is InChI=1S/C20H30N6/c1-16(2)25-10-12-26(13-11-25)20(7-3-4-8-20)14-22-19-17-6-5-9-21-18(17)23-15-24-19/h5-6,9,15-16H,3-4,7-8,10-14H2,1-2H3,(H,21,22,23,24). The predicted octanol–water partition coefficient (Wildman–Crippen LogP) is 2.78. The highest BCUT2D eigenvalue weighted by molar-refractivity contribution is 5.85. The van der Waals surface area contributed by atoms with Gasteiger partial charge >= 0.3 is 0 Å². The molecule has 3 heterocycles. The van der Waals surface area contributed by atoms with Gasteiger partial charge in [0.15, 0.2) is 5.65 Å². The van der Waals surface area contributed by atoms with Gasteiger partial charge in [0.1, 0.15) is 12.1 Å². The molecule has 0 atom stereocenters. The van der Waals surface area contributed by atoms with E-state index in [2.05, 4.69) is 43.9 Å². The second kappa shape index (κ2) is 7.45. The summed E-state index contributed by atoms with van der Waals surface area (Å²) in [7, 11) is 0. The third-order valence-electron chi connectivity index (χ3n) is 6.24. The zero-order chi connectivity index (χ0) is 18.0. The lowest BCUT2D eigenvalue weighted by Crippen LogP contribution is -2.59. The first-order chi connectivity index (χ1) is 12.7. The summed E-state index contributed by atoms with van der Waals surface area (Å²) >= 11 is 0. The molecule has 6 nitrogen and oxygen atoms in total. The highest BCUT2D eigenvalue weighted by atomic mass is 15.3. The fourth-order valence-corrected chi connectivity index (χ4v) is 4.64. The smallest absolute Gasteiger partial charge is 0.164 e. The van der Waals surface area contributed by atoms with Crippen LogP contribution in [0, 0.1) is 0 Å². The Balaban J connectivity index is 1.49. The Bertz CT molecular complexity index is 727. The molecule has 1 N–H and O–H groups in total. The van der Waals surface area contributed by atoms with Crippen LogP contribution < -0.4 is 5.32 Å². The van der Waals surface area contributed by atoms with E-state index in [4.69, 9.17) is 0 Å². The van der Waals surface area contributed by atoms with Crippen LogP contribution in [0.15, 0.2) is 24.7 Å². The van der Waals surface area contributed by atoms with Crippen LogP contribution in [0.1, 0.15) is 39.5 Å². The number of hydrogen-bond acceptors (Lipinski definition) is 6. The first-order valence-electron chi connectivity index (χ1n) is 9.97. The van der Waals surface area contributed by atoms with E-state index in [-0.39, 0.29) is 5.54 Å². The van der Waals surface area contributed by atoms with Crippen molar-refractivity contribution in [2.45, 2.75) is 51.1 Å². The third kappa shape index (κ3) is 3.40. The monoisotopic (exact) mass is 354 g/mol. The van der Waals surface area contributed by atoms with Crippen LogP contribution in [-0.4, -0.2) is 69.1 Å². The zero-order valence-corrected chi connectivity index (χ0v) is 16.0. The van der Waals surface area contributed by atoms with Gasteiger partial charge in [-0.25, -0.2) is 15.0 Å². The molecule has 1 aliphatic heterocycles. The SMILES string of the molecule is CC(C)N1CCN(C2(CNc3ncnc4ncccc34)CCCC2)CC1. The fourth-order valence-electron chi connectivity index (χ4n) is 4.64. The third-order valence-corrected chi connectivity index (χ3v) is 6.24. The van der Waals surface area contributed by atoms with Gasteiger partial charge in [0.25, 0.3) is 0 Å². The molecular formula is C20H30N6. The maximum Gasteiger partial charge on any atom is 0.164 e. The van der Waals surface area contributed by atoms with E-state index < -0.39 is 0 Å². The fraction of sp³-hybridized carbons (Fsp3) is 0.650. The number of nitrogens with one attached hydrogen (secondary N) is 1. The zero-order valence-electron chi connectivity index (χ0n) is 16.0. The molecular weight excluding hydrogens is 324 g/mol. The molecule has 0 radical (unpaired) electrons. The summed E-state index contributed by atoms with van der Waals surface area (Å²) in [6, 6.07) is 4.65. The average molecular weight is 355 g/mol. The van der Waals surface area contributed by atoms with E-state index in [0.29, 0.717) is 6.04 Å². The molecule has 0 aromatic carbocycles. The Morgan fingerprint density at radius 3 is 2.58 bits per heavy atom. The molecule has 140 valence electrons. The van der Waals surface area contributed by atoms with E-state index in [1.165, 1.54) is 51.9 Å². The lowest BCUT2D eigenvalue weighted by molar-refractivity contribution is 0.0312. The number of aromatic nitrogens is 3. The molecule has 2 fully saturated rings. The number of rotatable bonds is 5. The Labute approximate surface area is 156 Å². The van der Waals surface area contributed by atoms with E-state index in [9.17, 15) is 0 Å². The maximum atomic E-state index is 4.49. The molecule has 2 aromatic rings. The normalized spacial score (nSPS) is 21.5. The minimum Gasteiger partial charge on any atom is -0.368 e. The molecule has 2 aromatic heterocycles. The van der Waals surface area contributed by atoms with Crippen LogP contribution in [0.4, 0.5) is 5.82 Å². The van der Waals surface area contributed by atoms with Crippen molar-refractivity contribution < 1.29 is 0 Å². The van der Waals surface area contributed by atoms with Crippen LogP contribution in [-0.2, 0) is 0 Å². The number of piperazine rings is 1. The van der Waals surface area contributed by atoms with Gasteiger partial charge in [-0.1, -0.05) is 12.8 Å². The van der Waals surface area contributed by atoms with E-state index >= 15 is 0 Å². The van der Waals surface area contributed by atoms with E-state index in [0.717, 1.165) is 23.4 Å². The topological polar surface area (TPSA) is 57.2 Å². The molecule has 4 rings (SSSR count). The minimum absolute atomic E-state index is 0.266. The number of pyridine rings is 1. The molecule has 0 unspecified atom stereocenters. The molecule has 1 aliphatic carbocycles. The first kappa shape index (κ1) is 17.6. The lowest BCUT2D eigenvalue weighted by atomic mass is 9.93. The second-order valence-corrected chi connectivity index (χ2v) is 8.00. The summed E-state index contributed by atoms with van der Waals surface area (Å²) in [6.07, 6.45) is 8.62. The van der Waals surface area contributed by atoms with Crippen molar-refractivity contribution >= 4 is 16.9 Å². The molecule has 6 heteroatoms. The van der Waals surface area contributed by atoms with Crippen molar-refractivity contribution in [3.05, 3.63) is 24.7 Å². The van der Waals surface area contributed by atoms with Crippen LogP contribution in [0.3, 0.4) is 0 Å². The summed E-state index contributed by atoms with van der Waals surface area (Å²) < 4.78 is 0. The largest absolute Gasteiger partial charge is 0.368 e. The lowest BCUT2D eigenvalue weighted by Gasteiger charge is -2.47. The van der Waals surface area contributed by atoms with Crippen molar-refractivity contribution in [2.75, 3.05) is 38.0 Å². The van der Waals surface area contributed by atoms with Gasteiger partial charge in [-0.3, -0.25) is 9.80 Å². The number of fused-ring (bicyclic) bond motifs is 1. The predicted molar refractivity (Wildman–Crippen MR) is 105 cm³/mol. The highest BCUT2D eigenvalue weighted by Crippen LogP contribution is 2.36. The quantitative estimate of drug-likeness (QED) is 0.891. The highest BCUT2D eigenvalue weighted by Gasteiger charge is 2.40. The van der Waals surface area contributed by atoms with Crippen molar-refractivity contribution in [3.63, 3.8) is 0 Å². The van der Waals surface area contributed by atoms with Gasteiger partial charge in [0, 0.05) is 50.5 Å². The molecule has 0 amide bonds. The van der Waals surface area contributed by atoms with Gasteiger partial charge in [-0.15, -0.1) is 0 Å². The van der Waals surface area contributed by atoms with Gasteiger partial charge < -0.3 is 5.32 Å². The molecule has 0 bridgehead atoms. The molecule has 26 heavy (non-hydrogen) atoms. The molecule has 1 saturated carbocycles. The van der Waals surface area contributed by atoms with Gasteiger partial charge in [0.05, 0.1) is 5.39 Å². The molecule has 0 spiro atoms. The Kier molecular flexibility index (Phi) is 5.05. The number of nitrogens with zero attached hydrogens (tertiary/aromatic N) is 5. The van der Waals surface area contributed by atoms with Crippen LogP contribution in [0.2, 0.25) is 0 Å². The van der Waals surface area contributed by atoms with Gasteiger partial charge in [0.2, 0.25) is 0 Å². The van der Waals surface area contributed by atoms with Gasteiger partial charge in [-0.05, 0) is 38.8 Å². The van der Waals surface area contributed by atoms with Crippen LogP contribution >= 0.6 is 0 Å². The van der Waals surface area contributed by atoms with E-state index in [1.807, 2.05) is 12.1 Å². The summed E-state index contributed by atoms with van der Waals surface area (Å²) in [5.74, 6) is 0.912. The van der Waals surface area contributed by atoms with Crippen LogP contribution in [0.25, 0.3) is 11.0 Å². The Morgan fingerprint density at radius 2 is 1.85 bits per heavy atom. The van der Waals surface area contributed by atoms with E-state index in [1.54, 1.807) is 12.5 Å². The van der Waals surface area contributed by atoms with Gasteiger partial charge in [-0.2, -0.15) is 0 Å². The Hall–Kier alpha value is -1.79. The first-order valence-corrected chi connectivity index (χ1v) is 9.97. The maximum absolute atomic E-state index is 4.49. The van der Waals surface area contributed by atoms with Crippen molar-refractivity contribution in [1.82, 2.24) is 24.8 Å². The number of anilines is 1. The van der Waals surface area contributed by atoms with Crippen molar-refractivity contribution in [2.24, 2.45) is 0 Å². The molecule has 1 saturated heterocycles. The number of hydrogen-bond donors (Lipinski definition) is 1. The van der Waals surface area contributed by atoms with Crippen LogP contribution in [0.5, 0.6) is 0 Å². The summed E-state index contributed by atoms with van der Waals surface area (Å²) in [6.45, 7) is 10.3. The average Bonchev–Trinajstić information content (AvgIpc) is 3.16. The second-order valence-electron chi connectivity index (χ2n) is 8.00. The summed E-state index contributed by atoms with van der Waals surface area (Å²) in [5.41, 5.74) is 1.03. The Morgan fingerprint density at radius 1 is 1.08 bits per heavy atom. The van der Waals surface area contributed by atoms with Crippen molar-refractivity contribution in [3.8, 4) is 0 Å². The van der Waals surface area contributed by atoms with Crippen molar-refractivity contribution in [1.29, 1.82) is 0 Å². The summed E-state index contributed by atoms with van der Waals surface area (Å²) in [5, 5.41) is 4.66. The minimum atomic E-state index is 0.266. The summed E-state index contributed by atoms with van der Waals surface area (Å²) in [4.78, 5) is 18.4. The molecule has 2 aliphatic rings.